The van der Waals surface area contributed by atoms with E-state index in [2.05, 4.69) is 64.7 Å². The van der Waals surface area contributed by atoms with Crippen molar-refractivity contribution in [1.29, 1.82) is 0 Å². The van der Waals surface area contributed by atoms with Crippen molar-refractivity contribution in [3.05, 3.63) is 93.1 Å². The Kier molecular flexibility index (Phi) is 6.24. The van der Waals surface area contributed by atoms with E-state index in [1.165, 1.54) is 16.0 Å². The number of ether oxygens (including phenoxy) is 1. The molecule has 0 unspecified atom stereocenters. The molecule has 0 amide bonds. The Morgan fingerprint density at radius 2 is 1.79 bits per heavy atom. The quantitative estimate of drug-likeness (QED) is 0.358. The Hall–Kier alpha value is -2.67. The molecule has 1 atom stereocenters. The van der Waals surface area contributed by atoms with Crippen LogP contribution in [0.25, 0.3) is 0 Å². The van der Waals surface area contributed by atoms with Gasteiger partial charge in [0, 0.05) is 22.5 Å². The maximum absolute atomic E-state index is 5.20. The van der Waals surface area contributed by atoms with Crippen LogP contribution >= 0.6 is 22.7 Å². The van der Waals surface area contributed by atoms with Crippen LogP contribution in [0.15, 0.2) is 71.4 Å². The number of methoxy groups -OCH3 is 1. The molecule has 0 bridgehead atoms. The van der Waals surface area contributed by atoms with Crippen molar-refractivity contribution in [3.63, 3.8) is 0 Å². The maximum Gasteiger partial charge on any atom is 0.187 e. The second-order valence-corrected chi connectivity index (χ2v) is 8.57. The van der Waals surface area contributed by atoms with Crippen molar-refractivity contribution >= 4 is 33.5 Å². The average Bonchev–Trinajstić information content (AvgIpc) is 3.43. The maximum atomic E-state index is 5.20. The highest BCUT2D eigenvalue weighted by Gasteiger charge is 2.15. The average molecular weight is 422 g/mol. The summed E-state index contributed by atoms with van der Waals surface area (Å²) in [6.45, 7) is 2.82. The van der Waals surface area contributed by atoms with E-state index in [4.69, 9.17) is 9.72 Å². The third-order valence-corrected chi connectivity index (χ3v) is 6.36. The Labute approximate surface area is 179 Å². The summed E-state index contributed by atoms with van der Waals surface area (Å²) < 4.78 is 5.20. The third-order valence-electron chi connectivity index (χ3n) is 4.62. The van der Waals surface area contributed by atoms with Gasteiger partial charge in [-0.2, -0.15) is 0 Å². The number of aromatic nitrogens is 1. The van der Waals surface area contributed by atoms with Crippen molar-refractivity contribution in [2.45, 2.75) is 19.5 Å². The standard InChI is InChI=1S/C23H23N3OS2/c1-16-5-7-17(8-6-16)22(21-4-3-13-28-21)24-14-19-15-29-23(26-19)25-18-9-11-20(27-2)12-10-18/h3-13,15,22,24H,14H2,1-2H3,(H,25,26)/t22-/m1/s1. The summed E-state index contributed by atoms with van der Waals surface area (Å²) in [5.41, 5.74) is 4.56. The van der Waals surface area contributed by atoms with E-state index >= 15 is 0 Å². The van der Waals surface area contributed by atoms with Gasteiger partial charge < -0.3 is 10.1 Å². The first-order valence-electron chi connectivity index (χ1n) is 9.40. The second-order valence-electron chi connectivity index (χ2n) is 6.74. The lowest BCUT2D eigenvalue weighted by Crippen LogP contribution is -2.21. The smallest absolute Gasteiger partial charge is 0.187 e. The highest BCUT2D eigenvalue weighted by atomic mass is 32.1. The van der Waals surface area contributed by atoms with E-state index in [1.807, 2.05) is 24.3 Å². The number of aryl methyl sites for hydroxylation is 1. The molecule has 2 aromatic carbocycles. The summed E-state index contributed by atoms with van der Waals surface area (Å²) in [5, 5.41) is 12.1. The molecule has 4 aromatic rings. The van der Waals surface area contributed by atoms with Crippen molar-refractivity contribution in [2.75, 3.05) is 12.4 Å². The Bertz CT molecular complexity index is 1020. The number of hydrogen-bond donors (Lipinski definition) is 2. The highest BCUT2D eigenvalue weighted by molar-refractivity contribution is 7.13. The summed E-state index contributed by atoms with van der Waals surface area (Å²) in [5.74, 6) is 0.843. The lowest BCUT2D eigenvalue weighted by atomic mass is 10.0. The number of nitrogens with one attached hydrogen (secondary N) is 2. The number of benzene rings is 2. The number of thiazole rings is 1. The summed E-state index contributed by atoms with van der Waals surface area (Å²) in [7, 11) is 1.67. The van der Waals surface area contributed by atoms with Crippen LogP contribution in [0.3, 0.4) is 0 Å². The van der Waals surface area contributed by atoms with E-state index < -0.39 is 0 Å². The number of thiophene rings is 1. The van der Waals surface area contributed by atoms with Crippen LogP contribution in [-0.4, -0.2) is 12.1 Å². The fraction of sp³-hybridized carbons (Fsp3) is 0.174. The second kappa shape index (κ2) is 9.22. The Morgan fingerprint density at radius 1 is 1.00 bits per heavy atom. The van der Waals surface area contributed by atoms with E-state index in [0.29, 0.717) is 6.54 Å². The molecule has 4 nitrogen and oxygen atoms in total. The summed E-state index contributed by atoms with van der Waals surface area (Å²) >= 11 is 3.38. The Balaban J connectivity index is 1.43. The molecule has 0 fully saturated rings. The van der Waals surface area contributed by atoms with Gasteiger partial charge in [-0.05, 0) is 48.2 Å². The monoisotopic (exact) mass is 421 g/mol. The van der Waals surface area contributed by atoms with Gasteiger partial charge >= 0.3 is 0 Å². The predicted octanol–water partition coefficient (Wildman–Crippen LogP) is 6.14. The zero-order chi connectivity index (χ0) is 20.1. The van der Waals surface area contributed by atoms with Crippen molar-refractivity contribution < 1.29 is 4.74 Å². The van der Waals surface area contributed by atoms with Gasteiger partial charge in [0.25, 0.3) is 0 Å². The minimum atomic E-state index is 0.162. The fourth-order valence-corrected chi connectivity index (χ4v) is 4.60. The van der Waals surface area contributed by atoms with Gasteiger partial charge in [0.1, 0.15) is 5.75 Å². The predicted molar refractivity (Wildman–Crippen MR) is 123 cm³/mol. The van der Waals surface area contributed by atoms with Gasteiger partial charge in [0.15, 0.2) is 5.13 Å². The van der Waals surface area contributed by atoms with Gasteiger partial charge in [-0.25, -0.2) is 4.98 Å². The van der Waals surface area contributed by atoms with Gasteiger partial charge in [-0.3, -0.25) is 5.32 Å². The molecule has 0 spiro atoms. The number of nitrogens with zero attached hydrogens (tertiary/aromatic N) is 1. The third kappa shape index (κ3) is 5.03. The molecule has 0 aliphatic heterocycles. The molecule has 0 aliphatic carbocycles. The SMILES string of the molecule is COc1ccc(Nc2nc(CN[C@H](c3ccc(C)cc3)c3cccs3)cs2)cc1. The lowest BCUT2D eigenvalue weighted by Gasteiger charge is -2.17. The van der Waals surface area contributed by atoms with Gasteiger partial charge in [-0.1, -0.05) is 35.9 Å². The molecule has 2 aromatic heterocycles. The summed E-state index contributed by atoms with van der Waals surface area (Å²) in [4.78, 5) is 6.03. The Morgan fingerprint density at radius 3 is 2.48 bits per heavy atom. The molecule has 4 rings (SSSR count). The molecule has 29 heavy (non-hydrogen) atoms. The van der Waals surface area contributed by atoms with Crippen LogP contribution in [0.1, 0.15) is 27.7 Å². The molecule has 0 radical (unpaired) electrons. The molecule has 0 aliphatic rings. The molecule has 2 N–H and O–H groups in total. The first kappa shape index (κ1) is 19.6. The molecular weight excluding hydrogens is 398 g/mol. The molecule has 6 heteroatoms. The molecule has 2 heterocycles. The van der Waals surface area contributed by atoms with Gasteiger partial charge in [-0.15, -0.1) is 22.7 Å². The largest absolute Gasteiger partial charge is 0.497 e. The first-order valence-corrected chi connectivity index (χ1v) is 11.2. The van der Waals surface area contributed by atoms with Crippen LogP contribution in [0.4, 0.5) is 10.8 Å². The van der Waals surface area contributed by atoms with Crippen LogP contribution < -0.4 is 15.4 Å². The number of anilines is 2. The van der Waals surface area contributed by atoms with Gasteiger partial charge in [0.05, 0.1) is 18.8 Å². The first-order chi connectivity index (χ1) is 14.2. The topological polar surface area (TPSA) is 46.2 Å². The van der Waals surface area contributed by atoms with Crippen molar-refractivity contribution in [3.8, 4) is 5.75 Å². The number of rotatable bonds is 8. The summed E-state index contributed by atoms with van der Waals surface area (Å²) in [6.07, 6.45) is 0. The van der Waals surface area contributed by atoms with E-state index in [9.17, 15) is 0 Å². The van der Waals surface area contributed by atoms with E-state index in [1.54, 1.807) is 29.8 Å². The van der Waals surface area contributed by atoms with E-state index in [-0.39, 0.29) is 6.04 Å². The number of hydrogen-bond acceptors (Lipinski definition) is 6. The van der Waals surface area contributed by atoms with Crippen LogP contribution in [0, 0.1) is 6.92 Å². The fourth-order valence-electron chi connectivity index (χ4n) is 3.05. The summed E-state index contributed by atoms with van der Waals surface area (Å²) in [6, 6.07) is 21.0. The van der Waals surface area contributed by atoms with Crippen molar-refractivity contribution in [2.24, 2.45) is 0 Å². The van der Waals surface area contributed by atoms with Gasteiger partial charge in [0.2, 0.25) is 0 Å². The lowest BCUT2D eigenvalue weighted by molar-refractivity contribution is 0.415. The van der Waals surface area contributed by atoms with E-state index in [0.717, 1.165) is 22.3 Å². The highest BCUT2D eigenvalue weighted by Crippen LogP contribution is 2.28. The minimum Gasteiger partial charge on any atom is -0.497 e. The van der Waals surface area contributed by atoms with Crippen molar-refractivity contribution in [1.82, 2.24) is 10.3 Å². The normalized spacial score (nSPS) is 11.9. The van der Waals surface area contributed by atoms with Crippen LogP contribution in [-0.2, 0) is 6.54 Å². The van der Waals surface area contributed by atoms with Crippen LogP contribution in [0.2, 0.25) is 0 Å². The van der Waals surface area contributed by atoms with Crippen LogP contribution in [0.5, 0.6) is 5.75 Å². The molecule has 0 saturated heterocycles. The zero-order valence-electron chi connectivity index (χ0n) is 16.4. The molecule has 148 valence electrons. The molecular formula is C23H23N3OS2. The minimum absolute atomic E-state index is 0.162. The molecule has 0 saturated carbocycles. The zero-order valence-corrected chi connectivity index (χ0v) is 18.0.